The molecule has 0 aromatic carbocycles. The molecule has 0 saturated carbocycles. The molecule has 116 valence electrons. The predicted molar refractivity (Wildman–Crippen MR) is 83.1 cm³/mol. The maximum atomic E-state index is 12.3. The third kappa shape index (κ3) is 4.03. The first-order valence-corrected chi connectivity index (χ1v) is 8.31. The number of aryl methyl sites for hydroxylation is 2. The lowest BCUT2D eigenvalue weighted by molar-refractivity contribution is -0.134. The van der Waals surface area contributed by atoms with E-state index in [4.69, 9.17) is 0 Å². The van der Waals surface area contributed by atoms with Crippen molar-refractivity contribution < 1.29 is 9.59 Å². The molecule has 1 aromatic heterocycles. The maximum absolute atomic E-state index is 12.3. The first kappa shape index (κ1) is 15.9. The lowest BCUT2D eigenvalue weighted by atomic mass is 9.97. The van der Waals surface area contributed by atoms with Crippen LogP contribution < -0.4 is 5.32 Å². The van der Waals surface area contributed by atoms with Crippen molar-refractivity contribution >= 4 is 23.2 Å². The number of nitrogens with one attached hydrogen (secondary N) is 1. The summed E-state index contributed by atoms with van der Waals surface area (Å²) in [5.74, 6) is 0.0228. The van der Waals surface area contributed by atoms with Crippen LogP contribution in [0.4, 0.5) is 0 Å². The van der Waals surface area contributed by atoms with E-state index in [0.717, 1.165) is 41.4 Å². The Morgan fingerprint density at radius 1 is 1.48 bits per heavy atom. The van der Waals surface area contributed by atoms with Gasteiger partial charge in [-0.25, -0.2) is 4.98 Å². The van der Waals surface area contributed by atoms with Crippen LogP contribution in [0.25, 0.3) is 0 Å². The standard InChI is InChI=1S/C15H23N3O2S/c1-4-13-14(21-10(2)17-13)8-16-15(20)12-6-5-7-18(9-12)11(3)19/h12H,4-9H2,1-3H3,(H,16,20). The van der Waals surface area contributed by atoms with Crippen molar-refractivity contribution in [3.8, 4) is 0 Å². The van der Waals surface area contributed by atoms with Crippen LogP contribution in [-0.2, 0) is 22.6 Å². The Hall–Kier alpha value is -1.43. The number of aromatic nitrogens is 1. The molecule has 2 heterocycles. The lowest BCUT2D eigenvalue weighted by Gasteiger charge is -2.31. The molecule has 1 N–H and O–H groups in total. The summed E-state index contributed by atoms with van der Waals surface area (Å²) in [5, 5.41) is 4.05. The van der Waals surface area contributed by atoms with Gasteiger partial charge >= 0.3 is 0 Å². The number of carbonyl (C=O) groups is 2. The monoisotopic (exact) mass is 309 g/mol. The van der Waals surface area contributed by atoms with Gasteiger partial charge in [0.05, 0.1) is 23.2 Å². The van der Waals surface area contributed by atoms with Crippen molar-refractivity contribution in [2.75, 3.05) is 13.1 Å². The number of nitrogens with zero attached hydrogens (tertiary/aromatic N) is 2. The zero-order chi connectivity index (χ0) is 15.4. The fourth-order valence-electron chi connectivity index (χ4n) is 2.72. The topological polar surface area (TPSA) is 62.3 Å². The zero-order valence-corrected chi connectivity index (χ0v) is 13.8. The highest BCUT2D eigenvalue weighted by atomic mass is 32.1. The van der Waals surface area contributed by atoms with E-state index in [9.17, 15) is 9.59 Å². The number of piperidine rings is 1. The molecule has 1 fully saturated rings. The maximum Gasteiger partial charge on any atom is 0.225 e. The van der Waals surface area contributed by atoms with Gasteiger partial charge in [0.1, 0.15) is 0 Å². The summed E-state index contributed by atoms with van der Waals surface area (Å²) in [6, 6.07) is 0. The van der Waals surface area contributed by atoms with Gasteiger partial charge in [-0.15, -0.1) is 11.3 Å². The molecule has 1 aliphatic heterocycles. The molecule has 2 amide bonds. The molecule has 1 atom stereocenters. The van der Waals surface area contributed by atoms with Crippen LogP contribution in [0.5, 0.6) is 0 Å². The first-order valence-electron chi connectivity index (χ1n) is 7.49. The van der Waals surface area contributed by atoms with Crippen molar-refractivity contribution in [3.05, 3.63) is 15.6 Å². The normalized spacial score (nSPS) is 18.6. The number of amides is 2. The van der Waals surface area contributed by atoms with Gasteiger partial charge in [0, 0.05) is 24.9 Å². The van der Waals surface area contributed by atoms with Crippen LogP contribution in [0.15, 0.2) is 0 Å². The second-order valence-electron chi connectivity index (χ2n) is 5.48. The molecule has 1 saturated heterocycles. The molecule has 0 spiro atoms. The number of hydrogen-bond acceptors (Lipinski definition) is 4. The van der Waals surface area contributed by atoms with E-state index >= 15 is 0 Å². The predicted octanol–water partition coefficient (Wildman–Crippen LogP) is 1.89. The van der Waals surface area contributed by atoms with Crippen molar-refractivity contribution in [1.82, 2.24) is 15.2 Å². The van der Waals surface area contributed by atoms with Crippen LogP contribution in [0.3, 0.4) is 0 Å². The summed E-state index contributed by atoms with van der Waals surface area (Å²) in [6.07, 6.45) is 2.65. The summed E-state index contributed by atoms with van der Waals surface area (Å²) >= 11 is 1.64. The van der Waals surface area contributed by atoms with Gasteiger partial charge < -0.3 is 10.2 Å². The molecule has 1 aromatic rings. The molecule has 0 bridgehead atoms. The minimum atomic E-state index is -0.0817. The molecule has 6 heteroatoms. The molecule has 1 unspecified atom stereocenters. The minimum Gasteiger partial charge on any atom is -0.351 e. The Bertz CT molecular complexity index is 527. The second-order valence-corrected chi connectivity index (χ2v) is 6.77. The van der Waals surface area contributed by atoms with Crippen LogP contribution in [0, 0.1) is 12.8 Å². The van der Waals surface area contributed by atoms with Gasteiger partial charge in [-0.3, -0.25) is 9.59 Å². The van der Waals surface area contributed by atoms with Crippen LogP contribution >= 0.6 is 11.3 Å². The Labute approximate surface area is 129 Å². The Kier molecular flexibility index (Phi) is 5.33. The first-order chi connectivity index (χ1) is 10.0. The smallest absolute Gasteiger partial charge is 0.225 e. The van der Waals surface area contributed by atoms with E-state index in [1.807, 2.05) is 6.92 Å². The summed E-state index contributed by atoms with van der Waals surface area (Å²) in [4.78, 5) is 31.1. The highest BCUT2D eigenvalue weighted by Crippen LogP contribution is 2.20. The lowest BCUT2D eigenvalue weighted by Crippen LogP contribution is -2.44. The van der Waals surface area contributed by atoms with E-state index in [1.165, 1.54) is 0 Å². The summed E-state index contributed by atoms with van der Waals surface area (Å²) in [6.45, 7) is 7.49. The third-order valence-corrected chi connectivity index (χ3v) is 4.89. The van der Waals surface area contributed by atoms with Crippen LogP contribution in [0.2, 0.25) is 0 Å². The molecule has 0 aliphatic carbocycles. The van der Waals surface area contributed by atoms with E-state index in [-0.39, 0.29) is 17.7 Å². The average molecular weight is 309 g/mol. The SMILES string of the molecule is CCc1nc(C)sc1CNC(=O)C1CCCN(C(C)=O)C1. The average Bonchev–Trinajstić information content (AvgIpc) is 2.85. The van der Waals surface area contributed by atoms with Crippen molar-refractivity contribution in [2.24, 2.45) is 5.92 Å². The fourth-order valence-corrected chi connectivity index (χ4v) is 3.68. The van der Waals surface area contributed by atoms with Gasteiger partial charge in [-0.2, -0.15) is 0 Å². The number of carbonyl (C=O) groups excluding carboxylic acids is 2. The summed E-state index contributed by atoms with van der Waals surface area (Å²) in [7, 11) is 0. The quantitative estimate of drug-likeness (QED) is 0.924. The van der Waals surface area contributed by atoms with Gasteiger partial charge in [-0.05, 0) is 26.2 Å². The Morgan fingerprint density at radius 3 is 2.90 bits per heavy atom. The van der Waals surface area contributed by atoms with E-state index in [1.54, 1.807) is 23.2 Å². The highest BCUT2D eigenvalue weighted by molar-refractivity contribution is 7.11. The molecule has 2 rings (SSSR count). The van der Waals surface area contributed by atoms with E-state index in [0.29, 0.717) is 13.1 Å². The van der Waals surface area contributed by atoms with E-state index < -0.39 is 0 Å². The Balaban J connectivity index is 1.90. The van der Waals surface area contributed by atoms with Crippen molar-refractivity contribution in [1.29, 1.82) is 0 Å². The molecule has 1 aliphatic rings. The number of hydrogen-bond donors (Lipinski definition) is 1. The molecular weight excluding hydrogens is 286 g/mol. The van der Waals surface area contributed by atoms with Crippen molar-refractivity contribution in [2.45, 2.75) is 46.6 Å². The largest absolute Gasteiger partial charge is 0.351 e. The number of rotatable bonds is 4. The van der Waals surface area contributed by atoms with Gasteiger partial charge in [0.15, 0.2) is 0 Å². The van der Waals surface area contributed by atoms with Crippen LogP contribution in [-0.4, -0.2) is 34.8 Å². The zero-order valence-electron chi connectivity index (χ0n) is 12.9. The summed E-state index contributed by atoms with van der Waals surface area (Å²) < 4.78 is 0. The van der Waals surface area contributed by atoms with Crippen LogP contribution in [0.1, 0.15) is 42.3 Å². The van der Waals surface area contributed by atoms with Gasteiger partial charge in [0.2, 0.25) is 11.8 Å². The third-order valence-electron chi connectivity index (χ3n) is 3.88. The fraction of sp³-hybridized carbons (Fsp3) is 0.667. The van der Waals surface area contributed by atoms with Gasteiger partial charge in [-0.1, -0.05) is 6.92 Å². The number of likely N-dealkylation sites (tertiary alicyclic amines) is 1. The highest BCUT2D eigenvalue weighted by Gasteiger charge is 2.26. The summed E-state index contributed by atoms with van der Waals surface area (Å²) in [5.41, 5.74) is 1.08. The Morgan fingerprint density at radius 2 is 2.24 bits per heavy atom. The number of thiazole rings is 1. The molecule has 21 heavy (non-hydrogen) atoms. The molecule has 5 nitrogen and oxygen atoms in total. The van der Waals surface area contributed by atoms with Crippen molar-refractivity contribution in [3.63, 3.8) is 0 Å². The van der Waals surface area contributed by atoms with E-state index in [2.05, 4.69) is 17.2 Å². The molecular formula is C15H23N3O2S. The molecule has 0 radical (unpaired) electrons. The second kappa shape index (κ2) is 7.02. The minimum absolute atomic E-state index is 0.0501. The van der Waals surface area contributed by atoms with Gasteiger partial charge in [0.25, 0.3) is 0 Å².